The molecule has 1 heterocycles. The van der Waals surface area contributed by atoms with E-state index in [0.29, 0.717) is 33.8 Å². The van der Waals surface area contributed by atoms with Crippen molar-refractivity contribution in [2.24, 2.45) is 0 Å². The molecule has 0 radical (unpaired) electrons. The third-order valence-electron chi connectivity index (χ3n) is 5.13. The van der Waals surface area contributed by atoms with Gasteiger partial charge in [-0.3, -0.25) is 4.79 Å². The van der Waals surface area contributed by atoms with Crippen LogP contribution < -0.4 is 4.74 Å². The van der Waals surface area contributed by atoms with Crippen molar-refractivity contribution in [2.45, 2.75) is 25.7 Å². The first-order chi connectivity index (χ1) is 13.6. The predicted molar refractivity (Wildman–Crippen MR) is 116 cm³/mol. The lowest BCUT2D eigenvalue weighted by molar-refractivity contribution is 0.0697. The van der Waals surface area contributed by atoms with Crippen LogP contribution in [0, 0.1) is 20.8 Å². The van der Waals surface area contributed by atoms with Crippen molar-refractivity contribution in [1.29, 1.82) is 0 Å². The zero-order valence-corrected chi connectivity index (χ0v) is 19.4. The van der Waals surface area contributed by atoms with Crippen molar-refractivity contribution >= 4 is 31.9 Å². The molecule has 8 heteroatoms. The minimum Gasteiger partial charge on any atom is -0.496 e. The molecule has 1 fully saturated rings. The summed E-state index contributed by atoms with van der Waals surface area (Å²) in [7, 11) is -2.03. The number of benzene rings is 2. The van der Waals surface area contributed by atoms with Crippen LogP contribution in [0.15, 0.2) is 39.7 Å². The third-order valence-corrected chi connectivity index (χ3v) is 7.95. The lowest BCUT2D eigenvalue weighted by atomic mass is 10.1. The topological polar surface area (TPSA) is 66.9 Å². The first-order valence-corrected chi connectivity index (χ1v) is 11.6. The lowest BCUT2D eigenvalue weighted by Crippen LogP contribution is -2.50. The van der Waals surface area contributed by atoms with Gasteiger partial charge in [0.2, 0.25) is 10.0 Å². The summed E-state index contributed by atoms with van der Waals surface area (Å²) in [5.41, 5.74) is 3.09. The zero-order chi connectivity index (χ0) is 21.3. The van der Waals surface area contributed by atoms with E-state index in [-0.39, 0.29) is 19.0 Å². The van der Waals surface area contributed by atoms with E-state index in [2.05, 4.69) is 15.9 Å². The van der Waals surface area contributed by atoms with Crippen LogP contribution in [0.3, 0.4) is 0 Å². The maximum absolute atomic E-state index is 13.2. The molecule has 2 aromatic carbocycles. The first-order valence-electron chi connectivity index (χ1n) is 9.36. The Morgan fingerprint density at radius 3 is 2.10 bits per heavy atom. The summed E-state index contributed by atoms with van der Waals surface area (Å²) >= 11 is 3.40. The zero-order valence-electron chi connectivity index (χ0n) is 17.0. The fourth-order valence-corrected chi connectivity index (χ4v) is 6.19. The predicted octanol–water partition coefficient (Wildman–Crippen LogP) is 3.53. The molecule has 6 nitrogen and oxygen atoms in total. The van der Waals surface area contributed by atoms with Crippen LogP contribution >= 0.6 is 15.9 Å². The number of hydrogen-bond donors (Lipinski definition) is 0. The molecule has 0 aromatic heterocycles. The number of methoxy groups -OCH3 is 1. The van der Waals surface area contributed by atoms with Crippen molar-refractivity contribution in [3.63, 3.8) is 0 Å². The van der Waals surface area contributed by atoms with Crippen LogP contribution in [0.2, 0.25) is 0 Å². The molecule has 29 heavy (non-hydrogen) atoms. The second-order valence-electron chi connectivity index (χ2n) is 7.27. The molecule has 0 unspecified atom stereocenters. The number of carbonyl (C=O) groups is 1. The molecule has 1 saturated heterocycles. The van der Waals surface area contributed by atoms with Gasteiger partial charge < -0.3 is 9.64 Å². The van der Waals surface area contributed by atoms with E-state index in [0.717, 1.165) is 16.7 Å². The maximum Gasteiger partial charge on any atom is 0.253 e. The summed E-state index contributed by atoms with van der Waals surface area (Å²) in [5, 5.41) is 0. The highest BCUT2D eigenvalue weighted by Gasteiger charge is 2.32. The Labute approximate surface area is 180 Å². The Morgan fingerprint density at radius 2 is 1.59 bits per heavy atom. The summed E-state index contributed by atoms with van der Waals surface area (Å²) in [6.07, 6.45) is 0. The largest absolute Gasteiger partial charge is 0.496 e. The SMILES string of the molecule is COc1ccc(C(=O)N2CCN(S(=O)(=O)c3c(C)cc(C)cc3C)CC2)cc1Br. The lowest BCUT2D eigenvalue weighted by Gasteiger charge is -2.34. The smallest absolute Gasteiger partial charge is 0.253 e. The van der Waals surface area contributed by atoms with Crippen LogP contribution in [-0.4, -0.2) is 56.8 Å². The second kappa shape index (κ2) is 8.45. The number of aryl methyl sites for hydroxylation is 3. The van der Waals surface area contributed by atoms with Gasteiger partial charge >= 0.3 is 0 Å². The number of carbonyl (C=O) groups excluding carboxylic acids is 1. The molecule has 156 valence electrons. The fourth-order valence-electron chi connectivity index (χ4n) is 3.82. The number of amides is 1. The molecule has 2 aromatic rings. The average molecular weight is 481 g/mol. The number of nitrogens with zero attached hydrogens (tertiary/aromatic N) is 2. The van der Waals surface area contributed by atoms with E-state index in [1.165, 1.54) is 4.31 Å². The monoisotopic (exact) mass is 480 g/mol. The van der Waals surface area contributed by atoms with E-state index in [9.17, 15) is 13.2 Å². The van der Waals surface area contributed by atoms with Gasteiger partial charge in [0.05, 0.1) is 16.5 Å². The van der Waals surface area contributed by atoms with Gasteiger partial charge in [-0.2, -0.15) is 4.31 Å². The van der Waals surface area contributed by atoms with Crippen LogP contribution in [0.5, 0.6) is 5.75 Å². The number of ether oxygens (including phenoxy) is 1. The minimum absolute atomic E-state index is 0.118. The highest BCUT2D eigenvalue weighted by Crippen LogP contribution is 2.28. The van der Waals surface area contributed by atoms with Crippen molar-refractivity contribution in [1.82, 2.24) is 9.21 Å². The molecule has 3 rings (SSSR count). The van der Waals surface area contributed by atoms with Crippen LogP contribution in [0.25, 0.3) is 0 Å². The van der Waals surface area contributed by atoms with Gasteiger partial charge in [0, 0.05) is 31.7 Å². The average Bonchev–Trinajstić information content (AvgIpc) is 2.66. The van der Waals surface area contributed by atoms with Gasteiger partial charge in [-0.15, -0.1) is 0 Å². The number of halogens is 1. The van der Waals surface area contributed by atoms with Crippen LogP contribution in [0.1, 0.15) is 27.0 Å². The van der Waals surface area contributed by atoms with Gasteiger partial charge in [0.25, 0.3) is 5.91 Å². The summed E-state index contributed by atoms with van der Waals surface area (Å²) in [6, 6.07) is 8.96. The molecule has 0 saturated carbocycles. The number of piperazine rings is 1. The molecule has 1 amide bonds. The Morgan fingerprint density at radius 1 is 1.00 bits per heavy atom. The third kappa shape index (κ3) is 4.34. The quantitative estimate of drug-likeness (QED) is 0.671. The molecule has 0 atom stereocenters. The van der Waals surface area contributed by atoms with Crippen LogP contribution in [0.4, 0.5) is 0 Å². The molecule has 0 N–H and O–H groups in total. The van der Waals surface area contributed by atoms with Crippen molar-refractivity contribution in [3.8, 4) is 5.75 Å². The van der Waals surface area contributed by atoms with Crippen molar-refractivity contribution in [3.05, 3.63) is 57.1 Å². The molecule has 1 aliphatic rings. The number of sulfonamides is 1. The van der Waals surface area contributed by atoms with Gasteiger partial charge in [0.15, 0.2) is 0 Å². The Balaban J connectivity index is 1.75. The van der Waals surface area contributed by atoms with E-state index in [4.69, 9.17) is 4.74 Å². The standard InChI is InChI=1S/C21H25BrN2O4S/c1-14-11-15(2)20(16(3)12-14)29(26,27)24-9-7-23(8-10-24)21(25)17-5-6-19(28-4)18(22)13-17/h5-6,11-13H,7-10H2,1-4H3. The molecule has 0 aliphatic carbocycles. The molecular formula is C21H25BrN2O4S. The Hall–Kier alpha value is -1.90. The second-order valence-corrected chi connectivity index (χ2v) is 10.0. The van der Waals surface area contributed by atoms with Gasteiger partial charge in [-0.25, -0.2) is 8.42 Å². The summed E-state index contributed by atoms with van der Waals surface area (Å²) in [4.78, 5) is 14.9. The number of rotatable bonds is 4. The maximum atomic E-state index is 13.2. The van der Waals surface area contributed by atoms with Crippen LogP contribution in [-0.2, 0) is 10.0 Å². The van der Waals surface area contributed by atoms with Crippen molar-refractivity contribution in [2.75, 3.05) is 33.3 Å². The van der Waals surface area contributed by atoms with Gasteiger partial charge in [-0.05, 0) is 66.0 Å². The number of hydrogen-bond acceptors (Lipinski definition) is 4. The first kappa shape index (κ1) is 21.8. The highest BCUT2D eigenvalue weighted by atomic mass is 79.9. The Bertz CT molecular complexity index is 1020. The van der Waals surface area contributed by atoms with E-state index in [1.807, 2.05) is 32.9 Å². The minimum atomic E-state index is -3.60. The fraction of sp³-hybridized carbons (Fsp3) is 0.381. The summed E-state index contributed by atoms with van der Waals surface area (Å²) < 4.78 is 33.8. The molecular weight excluding hydrogens is 456 g/mol. The summed E-state index contributed by atoms with van der Waals surface area (Å²) in [6.45, 7) is 6.87. The van der Waals surface area contributed by atoms with Crippen molar-refractivity contribution < 1.29 is 17.9 Å². The normalized spacial score (nSPS) is 15.4. The summed E-state index contributed by atoms with van der Waals surface area (Å²) in [5.74, 6) is 0.536. The molecule has 0 bridgehead atoms. The van der Waals surface area contributed by atoms with E-state index in [1.54, 1.807) is 30.2 Å². The van der Waals surface area contributed by atoms with E-state index < -0.39 is 10.0 Å². The van der Waals surface area contributed by atoms with Gasteiger partial charge in [0.1, 0.15) is 5.75 Å². The highest BCUT2D eigenvalue weighted by molar-refractivity contribution is 9.10. The van der Waals surface area contributed by atoms with E-state index >= 15 is 0 Å². The molecule has 0 spiro atoms. The molecule has 1 aliphatic heterocycles. The van der Waals surface area contributed by atoms with Gasteiger partial charge in [-0.1, -0.05) is 17.7 Å². The Kier molecular flexibility index (Phi) is 6.36.